The molecule has 28 heavy (non-hydrogen) atoms. The first-order chi connectivity index (χ1) is 13.6. The fourth-order valence-electron chi connectivity index (χ4n) is 3.59. The molecule has 150 valence electrons. The van der Waals surface area contributed by atoms with Crippen LogP contribution >= 0.6 is 0 Å². The van der Waals surface area contributed by atoms with Crippen LogP contribution in [0.2, 0.25) is 0 Å². The number of rotatable bonds is 8. The van der Waals surface area contributed by atoms with E-state index in [0.29, 0.717) is 11.6 Å². The Morgan fingerprint density at radius 3 is 2.54 bits per heavy atom. The summed E-state index contributed by atoms with van der Waals surface area (Å²) in [6.07, 6.45) is 7.46. The van der Waals surface area contributed by atoms with E-state index in [1.807, 2.05) is 4.90 Å². The van der Waals surface area contributed by atoms with Gasteiger partial charge >= 0.3 is 0 Å². The highest BCUT2D eigenvalue weighted by Crippen LogP contribution is 2.22. The Balaban J connectivity index is 1.44. The van der Waals surface area contributed by atoms with Crippen LogP contribution in [0.25, 0.3) is 0 Å². The molecule has 1 aliphatic rings. The summed E-state index contributed by atoms with van der Waals surface area (Å²) in [5, 5.41) is 3.25. The SMILES string of the molecule is CN(C)CCCNc1cnc(C(=O)N2CCC(Cc3ccccc3)CC2)cn1. The van der Waals surface area contributed by atoms with Crippen LogP contribution in [0, 0.1) is 5.92 Å². The molecule has 2 aromatic rings. The van der Waals surface area contributed by atoms with Gasteiger partial charge in [-0.05, 0) is 57.8 Å². The van der Waals surface area contributed by atoms with E-state index in [4.69, 9.17) is 0 Å². The molecule has 1 fully saturated rings. The number of benzene rings is 1. The number of likely N-dealkylation sites (tertiary alicyclic amines) is 1. The van der Waals surface area contributed by atoms with Gasteiger partial charge in [-0.15, -0.1) is 0 Å². The van der Waals surface area contributed by atoms with Crippen LogP contribution in [0.1, 0.15) is 35.3 Å². The number of hydrogen-bond donors (Lipinski definition) is 1. The van der Waals surface area contributed by atoms with Gasteiger partial charge in [0.25, 0.3) is 5.91 Å². The van der Waals surface area contributed by atoms with Gasteiger partial charge in [-0.25, -0.2) is 9.97 Å². The molecule has 6 heteroatoms. The molecule has 6 nitrogen and oxygen atoms in total. The Labute approximate surface area is 168 Å². The van der Waals surface area contributed by atoms with Crippen molar-refractivity contribution in [3.8, 4) is 0 Å². The Hall–Kier alpha value is -2.47. The molecule has 0 unspecified atom stereocenters. The average molecular weight is 382 g/mol. The lowest BCUT2D eigenvalue weighted by Crippen LogP contribution is -2.39. The highest BCUT2D eigenvalue weighted by Gasteiger charge is 2.24. The van der Waals surface area contributed by atoms with Crippen molar-refractivity contribution in [2.75, 3.05) is 45.6 Å². The number of nitrogens with one attached hydrogen (secondary N) is 1. The summed E-state index contributed by atoms with van der Waals surface area (Å²) in [7, 11) is 4.12. The van der Waals surface area contributed by atoms with Gasteiger partial charge in [-0.2, -0.15) is 0 Å². The summed E-state index contributed by atoms with van der Waals surface area (Å²) in [5.41, 5.74) is 1.81. The molecule has 1 N–H and O–H groups in total. The average Bonchev–Trinajstić information content (AvgIpc) is 2.72. The normalized spacial score (nSPS) is 15.0. The van der Waals surface area contributed by atoms with Gasteiger partial charge in [0, 0.05) is 19.6 Å². The monoisotopic (exact) mass is 381 g/mol. The first-order valence-corrected chi connectivity index (χ1v) is 10.2. The van der Waals surface area contributed by atoms with Crippen molar-refractivity contribution in [1.82, 2.24) is 19.8 Å². The van der Waals surface area contributed by atoms with Crippen molar-refractivity contribution in [3.63, 3.8) is 0 Å². The zero-order valence-corrected chi connectivity index (χ0v) is 17.0. The molecule has 0 saturated carbocycles. The van der Waals surface area contributed by atoms with Crippen molar-refractivity contribution in [1.29, 1.82) is 0 Å². The molecule has 1 saturated heterocycles. The van der Waals surface area contributed by atoms with Crippen molar-refractivity contribution in [2.24, 2.45) is 5.92 Å². The van der Waals surface area contributed by atoms with Crippen molar-refractivity contribution >= 4 is 11.7 Å². The summed E-state index contributed by atoms with van der Waals surface area (Å²) in [4.78, 5) is 25.4. The number of carbonyl (C=O) groups excluding carboxylic acids is 1. The Morgan fingerprint density at radius 2 is 1.89 bits per heavy atom. The number of anilines is 1. The summed E-state index contributed by atoms with van der Waals surface area (Å²) < 4.78 is 0. The fraction of sp³-hybridized carbons (Fsp3) is 0.500. The number of amides is 1. The van der Waals surface area contributed by atoms with Gasteiger partial charge in [0.2, 0.25) is 0 Å². The molecular weight excluding hydrogens is 350 g/mol. The number of piperidine rings is 1. The predicted octanol–water partition coefficient (Wildman–Crippen LogP) is 2.94. The minimum Gasteiger partial charge on any atom is -0.369 e. The number of nitrogens with zero attached hydrogens (tertiary/aromatic N) is 4. The van der Waals surface area contributed by atoms with Gasteiger partial charge in [0.15, 0.2) is 0 Å². The number of carbonyl (C=O) groups is 1. The quantitative estimate of drug-likeness (QED) is 0.713. The standard InChI is InChI=1S/C22H31N5O/c1-26(2)12-6-11-23-21-17-24-20(16-25-21)22(28)27-13-9-19(10-14-27)15-18-7-4-3-5-8-18/h3-5,7-8,16-17,19H,6,9-15H2,1-2H3,(H,23,25). The second-order valence-electron chi connectivity index (χ2n) is 7.80. The molecule has 0 bridgehead atoms. The molecule has 0 aliphatic carbocycles. The van der Waals surface area contributed by atoms with E-state index in [0.717, 1.165) is 57.7 Å². The van der Waals surface area contributed by atoms with E-state index in [9.17, 15) is 4.79 Å². The Bertz CT molecular complexity index is 724. The van der Waals surface area contributed by atoms with Crippen molar-refractivity contribution in [2.45, 2.75) is 25.7 Å². The largest absolute Gasteiger partial charge is 0.369 e. The summed E-state index contributed by atoms with van der Waals surface area (Å²) in [5.74, 6) is 1.35. The molecule has 2 heterocycles. The van der Waals surface area contributed by atoms with Gasteiger partial charge in [0.05, 0.1) is 12.4 Å². The molecule has 1 aliphatic heterocycles. The van der Waals surface area contributed by atoms with Crippen LogP contribution in [0.5, 0.6) is 0 Å². The third kappa shape index (κ3) is 6.02. The maximum atomic E-state index is 12.7. The first kappa shape index (κ1) is 20.3. The van der Waals surface area contributed by atoms with Gasteiger partial charge in [-0.1, -0.05) is 30.3 Å². The molecule has 0 atom stereocenters. The minimum atomic E-state index is -0.00943. The van der Waals surface area contributed by atoms with E-state index >= 15 is 0 Å². The van der Waals surface area contributed by atoms with Crippen LogP contribution < -0.4 is 5.32 Å². The molecule has 1 amide bonds. The van der Waals surface area contributed by atoms with E-state index in [2.05, 4.69) is 64.6 Å². The fourth-order valence-corrected chi connectivity index (χ4v) is 3.59. The highest BCUT2D eigenvalue weighted by molar-refractivity contribution is 5.92. The smallest absolute Gasteiger partial charge is 0.274 e. The van der Waals surface area contributed by atoms with Gasteiger partial charge < -0.3 is 15.1 Å². The lowest BCUT2D eigenvalue weighted by molar-refractivity contribution is 0.0684. The van der Waals surface area contributed by atoms with Crippen LogP contribution in [0.15, 0.2) is 42.7 Å². The van der Waals surface area contributed by atoms with E-state index < -0.39 is 0 Å². The third-order valence-electron chi connectivity index (χ3n) is 5.23. The molecule has 3 rings (SSSR count). The lowest BCUT2D eigenvalue weighted by Gasteiger charge is -2.31. The van der Waals surface area contributed by atoms with E-state index in [1.165, 1.54) is 5.56 Å². The predicted molar refractivity (Wildman–Crippen MR) is 112 cm³/mol. The summed E-state index contributed by atoms with van der Waals surface area (Å²) in [6.45, 7) is 3.46. The molecular formula is C22H31N5O. The molecule has 1 aromatic carbocycles. The van der Waals surface area contributed by atoms with E-state index in [1.54, 1.807) is 12.4 Å². The zero-order valence-electron chi connectivity index (χ0n) is 17.0. The number of hydrogen-bond acceptors (Lipinski definition) is 5. The van der Waals surface area contributed by atoms with Gasteiger partial charge in [0.1, 0.15) is 11.5 Å². The first-order valence-electron chi connectivity index (χ1n) is 10.2. The zero-order chi connectivity index (χ0) is 19.8. The third-order valence-corrected chi connectivity index (χ3v) is 5.23. The highest BCUT2D eigenvalue weighted by atomic mass is 16.2. The van der Waals surface area contributed by atoms with Crippen LogP contribution in [0.4, 0.5) is 5.82 Å². The van der Waals surface area contributed by atoms with E-state index in [-0.39, 0.29) is 5.91 Å². The van der Waals surface area contributed by atoms with Crippen molar-refractivity contribution in [3.05, 3.63) is 54.0 Å². The van der Waals surface area contributed by atoms with Crippen LogP contribution in [-0.4, -0.2) is 65.9 Å². The summed E-state index contributed by atoms with van der Waals surface area (Å²) >= 11 is 0. The number of aromatic nitrogens is 2. The Kier molecular flexibility index (Phi) is 7.37. The lowest BCUT2D eigenvalue weighted by atomic mass is 9.90. The maximum absolute atomic E-state index is 12.7. The summed E-state index contributed by atoms with van der Waals surface area (Å²) in [6, 6.07) is 10.6. The molecule has 0 spiro atoms. The second kappa shape index (κ2) is 10.2. The van der Waals surface area contributed by atoms with Crippen molar-refractivity contribution < 1.29 is 4.79 Å². The maximum Gasteiger partial charge on any atom is 0.274 e. The second-order valence-corrected chi connectivity index (χ2v) is 7.80. The van der Waals surface area contributed by atoms with Gasteiger partial charge in [-0.3, -0.25) is 4.79 Å². The molecule has 0 radical (unpaired) electrons. The Morgan fingerprint density at radius 1 is 1.14 bits per heavy atom. The topological polar surface area (TPSA) is 61.4 Å². The molecule has 1 aromatic heterocycles. The van der Waals surface area contributed by atoms with Crippen LogP contribution in [0.3, 0.4) is 0 Å². The minimum absolute atomic E-state index is 0.00943. The van der Waals surface area contributed by atoms with Crippen LogP contribution in [-0.2, 0) is 6.42 Å².